The molecule has 0 bridgehead atoms. The fourth-order valence-corrected chi connectivity index (χ4v) is 7.60. The lowest BCUT2D eigenvalue weighted by Crippen LogP contribution is -2.37. The summed E-state index contributed by atoms with van der Waals surface area (Å²) in [6.45, 7) is 6.67. The number of rotatable bonds is 40. The normalized spacial score (nSPS) is 14.4. The van der Waals surface area contributed by atoms with E-state index in [9.17, 15) is 18.0 Å². The van der Waals surface area contributed by atoms with Gasteiger partial charge < -0.3 is 14.4 Å². The van der Waals surface area contributed by atoms with Gasteiger partial charge >= 0.3 is 22.2 Å². The zero-order valence-electron chi connectivity index (χ0n) is 35.6. The van der Waals surface area contributed by atoms with Crippen molar-refractivity contribution in [3.8, 4) is 0 Å². The lowest BCUT2D eigenvalue weighted by Gasteiger charge is -2.19. The molecule has 1 heterocycles. The van der Waals surface area contributed by atoms with Gasteiger partial charge in [-0.25, -0.2) is 0 Å². The topological polar surface area (TPSA) is 111 Å². The Hall–Kier alpha value is -1.75. The molecule has 0 spiro atoms. The quantitative estimate of drug-likeness (QED) is 0.0371. The average Bonchev–Trinajstić information content (AvgIpc) is 3.69. The van der Waals surface area contributed by atoms with Crippen molar-refractivity contribution in [1.82, 2.24) is 9.62 Å². The monoisotopic (exact) mass is 797 g/mol. The third-order valence-electron chi connectivity index (χ3n) is 10.3. The highest BCUT2D eigenvalue weighted by Gasteiger charge is 2.22. The molecule has 0 aliphatic carbocycles. The fourth-order valence-electron chi connectivity index (χ4n) is 6.84. The molecular weight excluding hydrogens is 713 g/mol. The van der Waals surface area contributed by atoms with Gasteiger partial charge in [-0.15, -0.1) is 0 Å². The van der Waals surface area contributed by atoms with Crippen molar-refractivity contribution in [2.75, 3.05) is 39.4 Å². The highest BCUT2D eigenvalue weighted by Crippen LogP contribution is 2.13. The molecule has 1 saturated heterocycles. The first kappa shape index (κ1) is 51.3. The number of carbonyl (C=O) groups is 2. The number of unbranched alkanes of at least 4 members (excludes halogenated alkanes) is 22. The van der Waals surface area contributed by atoms with E-state index >= 15 is 0 Å². The van der Waals surface area contributed by atoms with Crippen LogP contribution in [0.5, 0.6) is 0 Å². The van der Waals surface area contributed by atoms with E-state index in [-0.39, 0.29) is 32.0 Å². The number of hydrogen-bond donors (Lipinski definition) is 1. The van der Waals surface area contributed by atoms with Crippen LogP contribution in [0.2, 0.25) is 0 Å². The lowest BCUT2D eigenvalue weighted by atomic mass is 10.1. The molecule has 0 amide bonds. The average molecular weight is 797 g/mol. The van der Waals surface area contributed by atoms with E-state index < -0.39 is 29.0 Å². The highest BCUT2D eigenvalue weighted by molar-refractivity contribution is 7.84. The van der Waals surface area contributed by atoms with Gasteiger partial charge in [-0.1, -0.05) is 141 Å². The number of likely N-dealkylation sites (tertiary alicyclic amines) is 1. The van der Waals surface area contributed by atoms with E-state index in [4.69, 9.17) is 13.7 Å². The van der Waals surface area contributed by atoms with E-state index in [2.05, 4.69) is 47.8 Å². The van der Waals surface area contributed by atoms with Crippen molar-refractivity contribution >= 4 is 22.2 Å². The Balaban J connectivity index is 2.29. The van der Waals surface area contributed by atoms with Crippen LogP contribution in [0.25, 0.3) is 0 Å². The van der Waals surface area contributed by atoms with E-state index in [1.54, 1.807) is 0 Å². The summed E-state index contributed by atoms with van der Waals surface area (Å²) < 4.78 is 43.7. The summed E-state index contributed by atoms with van der Waals surface area (Å²) in [5.74, 6) is -0.804. The van der Waals surface area contributed by atoms with Crippen LogP contribution in [0, 0.1) is 0 Å². The van der Waals surface area contributed by atoms with E-state index in [1.807, 2.05) is 0 Å². The van der Waals surface area contributed by atoms with Gasteiger partial charge in [0, 0.05) is 25.9 Å². The Morgan fingerprint density at radius 3 is 1.47 bits per heavy atom. The summed E-state index contributed by atoms with van der Waals surface area (Å²) in [7, 11) is -4.04. The first-order valence-corrected chi connectivity index (χ1v) is 24.3. The van der Waals surface area contributed by atoms with Crippen LogP contribution in [-0.4, -0.2) is 70.8 Å². The number of ether oxygens (including phenoxy) is 2. The predicted molar refractivity (Wildman–Crippen MR) is 228 cm³/mol. The molecule has 1 unspecified atom stereocenters. The van der Waals surface area contributed by atoms with Gasteiger partial charge in [0.2, 0.25) is 0 Å². The van der Waals surface area contributed by atoms with Crippen molar-refractivity contribution in [1.29, 1.82) is 0 Å². The zero-order valence-corrected chi connectivity index (χ0v) is 36.4. The number of hydrogen-bond acceptors (Lipinski definition) is 8. The Morgan fingerprint density at radius 1 is 0.582 bits per heavy atom. The number of allylic oxidation sites excluding steroid dienone is 4. The van der Waals surface area contributed by atoms with Crippen LogP contribution >= 0.6 is 0 Å². The molecule has 1 aliphatic rings. The van der Waals surface area contributed by atoms with Crippen molar-refractivity contribution in [3.63, 3.8) is 0 Å². The maximum absolute atomic E-state index is 12.7. The summed E-state index contributed by atoms with van der Waals surface area (Å²) in [5, 5.41) is 0. The molecule has 0 radical (unpaired) electrons. The molecule has 1 aliphatic heterocycles. The van der Waals surface area contributed by atoms with E-state index in [0.29, 0.717) is 13.0 Å². The molecule has 322 valence electrons. The molecule has 55 heavy (non-hydrogen) atoms. The first-order valence-electron chi connectivity index (χ1n) is 22.9. The standard InChI is InChI=1S/C45H84N2O7S/c1-3-5-7-9-11-13-15-17-19-21-23-25-27-29-31-35-44(48)52-41-43(42-53-55(50,51)46-37-40-47-38-33-34-39-47)54-45(49)36-32-30-28-26-24-22-20-18-16-14-12-10-8-6-4-2/h17-20,43,46H,3-16,21-42H2,1-2H3/b19-17-,20-18-. The van der Waals surface area contributed by atoms with Gasteiger partial charge in [0.25, 0.3) is 0 Å². The summed E-state index contributed by atoms with van der Waals surface area (Å²) >= 11 is 0. The third kappa shape index (κ3) is 35.2. The summed E-state index contributed by atoms with van der Waals surface area (Å²) in [5.41, 5.74) is 0. The third-order valence-corrected chi connectivity index (χ3v) is 11.3. The second-order valence-electron chi connectivity index (χ2n) is 15.6. The number of nitrogens with one attached hydrogen (secondary N) is 1. The number of carbonyl (C=O) groups excluding carboxylic acids is 2. The molecule has 0 aromatic heterocycles. The largest absolute Gasteiger partial charge is 0.462 e. The van der Waals surface area contributed by atoms with Gasteiger partial charge in [-0.05, 0) is 90.1 Å². The summed E-state index contributed by atoms with van der Waals surface area (Å²) in [6.07, 6.45) is 41.6. The van der Waals surface area contributed by atoms with Crippen molar-refractivity contribution in [2.24, 2.45) is 0 Å². The lowest BCUT2D eigenvalue weighted by molar-refractivity contribution is -0.161. The molecule has 0 aromatic carbocycles. The van der Waals surface area contributed by atoms with Crippen molar-refractivity contribution in [3.05, 3.63) is 24.3 Å². The van der Waals surface area contributed by atoms with E-state index in [1.165, 1.54) is 89.9 Å². The second kappa shape index (κ2) is 37.8. The van der Waals surface area contributed by atoms with Crippen LogP contribution in [-0.2, 0) is 33.6 Å². The fraction of sp³-hybridized carbons (Fsp3) is 0.867. The Kier molecular flexibility index (Phi) is 35.2. The Labute approximate surface area is 338 Å². The smallest absolute Gasteiger partial charge is 0.336 e. The maximum atomic E-state index is 12.7. The molecule has 1 fully saturated rings. The highest BCUT2D eigenvalue weighted by atomic mass is 32.2. The summed E-state index contributed by atoms with van der Waals surface area (Å²) in [6, 6.07) is 0. The minimum Gasteiger partial charge on any atom is -0.462 e. The molecule has 0 saturated carbocycles. The van der Waals surface area contributed by atoms with Gasteiger partial charge in [0.15, 0.2) is 6.10 Å². The van der Waals surface area contributed by atoms with Gasteiger partial charge in [-0.3, -0.25) is 13.8 Å². The number of nitrogens with zero attached hydrogens (tertiary/aromatic N) is 1. The molecule has 1 rings (SSSR count). The van der Waals surface area contributed by atoms with Crippen LogP contribution in [0.3, 0.4) is 0 Å². The molecule has 9 nitrogen and oxygen atoms in total. The van der Waals surface area contributed by atoms with Gasteiger partial charge in [0.1, 0.15) is 13.2 Å². The minimum absolute atomic E-state index is 0.231. The molecule has 1 N–H and O–H groups in total. The van der Waals surface area contributed by atoms with Crippen LogP contribution in [0.15, 0.2) is 24.3 Å². The summed E-state index contributed by atoms with van der Waals surface area (Å²) in [4.78, 5) is 27.4. The van der Waals surface area contributed by atoms with Crippen molar-refractivity contribution < 1.29 is 31.7 Å². The molecule has 0 aromatic rings. The second-order valence-corrected chi connectivity index (χ2v) is 17.1. The number of esters is 2. The Morgan fingerprint density at radius 2 is 1.00 bits per heavy atom. The maximum Gasteiger partial charge on any atom is 0.336 e. The van der Waals surface area contributed by atoms with Crippen molar-refractivity contribution in [2.45, 2.75) is 213 Å². The predicted octanol–water partition coefficient (Wildman–Crippen LogP) is 11.5. The van der Waals surface area contributed by atoms with Gasteiger partial charge in [-0.2, -0.15) is 13.1 Å². The molecule has 1 atom stereocenters. The van der Waals surface area contributed by atoms with E-state index in [0.717, 1.165) is 96.6 Å². The Bertz CT molecular complexity index is 1060. The molecular formula is C45H84N2O7S. The van der Waals surface area contributed by atoms with Crippen LogP contribution in [0.4, 0.5) is 0 Å². The van der Waals surface area contributed by atoms with Crippen LogP contribution in [0.1, 0.15) is 206 Å². The minimum atomic E-state index is -4.04. The van der Waals surface area contributed by atoms with Gasteiger partial charge in [0.05, 0.1) is 0 Å². The molecule has 10 heteroatoms. The van der Waals surface area contributed by atoms with Crippen LogP contribution < -0.4 is 4.72 Å². The zero-order chi connectivity index (χ0) is 39.9. The first-order chi connectivity index (χ1) is 26.9. The SMILES string of the molecule is CCCCCCCC/C=C\CCCCCCCC(=O)OCC(COS(=O)(=O)NCCN1CCCC1)OC(=O)CCCCCCC/C=C\CCCCCCCC.